The summed E-state index contributed by atoms with van der Waals surface area (Å²) in [6, 6.07) is 4.74. The van der Waals surface area contributed by atoms with Gasteiger partial charge in [0.05, 0.1) is 16.1 Å². The van der Waals surface area contributed by atoms with Crippen molar-refractivity contribution in [3.8, 4) is 6.07 Å². The molecule has 0 aliphatic rings. The summed E-state index contributed by atoms with van der Waals surface area (Å²) in [5.74, 6) is -0.789. The van der Waals surface area contributed by atoms with Gasteiger partial charge in [0.25, 0.3) is 10.0 Å². The fourth-order valence-corrected chi connectivity index (χ4v) is 2.59. The third kappa shape index (κ3) is 2.67. The number of nitrogens with zero attached hydrogens (tertiary/aromatic N) is 2. The summed E-state index contributed by atoms with van der Waals surface area (Å²) in [7, 11) is -3.98. The maximum absolute atomic E-state index is 13.0. The molecule has 1 aromatic heterocycles. The molecular weight excluding hydrogens is 295 g/mol. The Morgan fingerprint density at radius 1 is 1.47 bits per heavy atom. The number of sulfonamides is 1. The van der Waals surface area contributed by atoms with Gasteiger partial charge in [-0.1, -0.05) is 11.6 Å². The largest absolute Gasteiger partial charge is 0.263 e. The maximum Gasteiger partial charge on any atom is 0.263 e. The lowest BCUT2D eigenvalue weighted by atomic mass is 10.3. The number of hydrogen-bond donors (Lipinski definition) is 2. The monoisotopic (exact) mass is 300 g/mol. The highest BCUT2D eigenvalue weighted by atomic mass is 35.5. The lowest BCUT2D eigenvalue weighted by Gasteiger charge is -2.06. The number of aromatic nitrogens is 2. The normalized spacial score (nSPS) is 11.0. The first-order valence-corrected chi connectivity index (χ1v) is 6.71. The zero-order valence-corrected chi connectivity index (χ0v) is 10.8. The third-order valence-corrected chi connectivity index (χ3v) is 3.83. The van der Waals surface area contributed by atoms with Crippen molar-refractivity contribution in [1.82, 2.24) is 10.2 Å². The van der Waals surface area contributed by atoms with Gasteiger partial charge in [0.1, 0.15) is 17.4 Å². The van der Waals surface area contributed by atoms with Crippen LogP contribution in [0.1, 0.15) is 5.56 Å². The van der Waals surface area contributed by atoms with Crippen LogP contribution in [0.15, 0.2) is 29.3 Å². The highest BCUT2D eigenvalue weighted by Crippen LogP contribution is 2.22. The molecule has 0 unspecified atom stereocenters. The minimum Gasteiger partial charge on any atom is -0.263 e. The molecule has 9 heteroatoms. The molecule has 0 amide bonds. The summed E-state index contributed by atoms with van der Waals surface area (Å²) in [4.78, 5) is -0.225. The van der Waals surface area contributed by atoms with E-state index in [9.17, 15) is 12.8 Å². The molecular formula is C10H6ClFN4O2S. The Morgan fingerprint density at radius 3 is 2.84 bits per heavy atom. The molecule has 2 rings (SSSR count). The second-order valence-electron chi connectivity index (χ2n) is 3.45. The molecule has 0 aliphatic carbocycles. The Hall–Kier alpha value is -2.11. The average Bonchev–Trinajstić information content (AvgIpc) is 2.79. The van der Waals surface area contributed by atoms with Crippen LogP contribution in [0.25, 0.3) is 0 Å². The van der Waals surface area contributed by atoms with Crippen molar-refractivity contribution in [3.05, 3.63) is 40.8 Å². The molecule has 6 nitrogen and oxygen atoms in total. The summed E-state index contributed by atoms with van der Waals surface area (Å²) in [6.07, 6.45) is 1.18. The van der Waals surface area contributed by atoms with Crippen LogP contribution in [-0.2, 0) is 10.0 Å². The zero-order chi connectivity index (χ0) is 14.0. The van der Waals surface area contributed by atoms with Gasteiger partial charge in [-0.15, -0.1) is 0 Å². The summed E-state index contributed by atoms with van der Waals surface area (Å²) in [6.45, 7) is 0. The van der Waals surface area contributed by atoms with Crippen LogP contribution in [0, 0.1) is 17.1 Å². The van der Waals surface area contributed by atoms with Crippen molar-refractivity contribution in [3.63, 3.8) is 0 Å². The number of nitriles is 1. The predicted molar refractivity (Wildman–Crippen MR) is 65.5 cm³/mol. The van der Waals surface area contributed by atoms with E-state index in [0.29, 0.717) is 0 Å². The standard InChI is InChI=1S/C10H6ClFN4O2S/c11-8-3-7(1-2-9(8)12)19(17,18)16-10-6(4-13)5-14-15-10/h1-3,5H,(H2,14,15,16). The number of anilines is 1. The van der Waals surface area contributed by atoms with Gasteiger partial charge in [-0.3, -0.25) is 9.82 Å². The molecule has 0 fully saturated rings. The van der Waals surface area contributed by atoms with Crippen molar-refractivity contribution >= 4 is 27.4 Å². The van der Waals surface area contributed by atoms with E-state index in [4.69, 9.17) is 16.9 Å². The molecule has 2 aromatic rings. The van der Waals surface area contributed by atoms with E-state index in [1.54, 1.807) is 6.07 Å². The van der Waals surface area contributed by atoms with Gasteiger partial charge in [0, 0.05) is 0 Å². The predicted octanol–water partition coefficient (Wildman–Crippen LogP) is 1.87. The Bertz CT molecular complexity index is 766. The zero-order valence-electron chi connectivity index (χ0n) is 9.18. The van der Waals surface area contributed by atoms with Crippen molar-refractivity contribution in [2.75, 3.05) is 4.72 Å². The number of benzene rings is 1. The second kappa shape index (κ2) is 4.87. The van der Waals surface area contributed by atoms with Crippen LogP contribution in [0.4, 0.5) is 10.2 Å². The smallest absolute Gasteiger partial charge is 0.263 e. The van der Waals surface area contributed by atoms with Crippen LogP contribution < -0.4 is 4.72 Å². The Balaban J connectivity index is 2.38. The SMILES string of the molecule is N#Cc1cn[nH]c1NS(=O)(=O)c1ccc(F)c(Cl)c1. The third-order valence-electron chi connectivity index (χ3n) is 2.20. The van der Waals surface area contributed by atoms with Gasteiger partial charge in [-0.2, -0.15) is 10.4 Å². The quantitative estimate of drug-likeness (QED) is 0.904. The Labute approximate surface area is 112 Å². The van der Waals surface area contributed by atoms with Crippen molar-refractivity contribution < 1.29 is 12.8 Å². The van der Waals surface area contributed by atoms with Crippen LogP contribution >= 0.6 is 11.6 Å². The molecule has 2 N–H and O–H groups in total. The Morgan fingerprint density at radius 2 is 2.21 bits per heavy atom. The van der Waals surface area contributed by atoms with Gasteiger partial charge in [0.2, 0.25) is 0 Å². The fourth-order valence-electron chi connectivity index (χ4n) is 1.29. The van der Waals surface area contributed by atoms with E-state index in [2.05, 4.69) is 14.9 Å². The number of halogens is 2. The highest BCUT2D eigenvalue weighted by Gasteiger charge is 2.18. The summed E-state index contributed by atoms with van der Waals surface area (Å²) < 4.78 is 39.1. The van der Waals surface area contributed by atoms with Crippen LogP contribution in [-0.4, -0.2) is 18.6 Å². The first-order valence-electron chi connectivity index (χ1n) is 4.85. The van der Waals surface area contributed by atoms with E-state index in [0.717, 1.165) is 18.2 Å². The molecule has 1 aromatic carbocycles. The first-order chi connectivity index (χ1) is 8.94. The summed E-state index contributed by atoms with van der Waals surface area (Å²) in [5, 5.41) is 14.3. The fraction of sp³-hybridized carbons (Fsp3) is 0. The molecule has 0 radical (unpaired) electrons. The number of H-pyrrole nitrogens is 1. The first kappa shape index (κ1) is 13.3. The molecule has 0 saturated carbocycles. The van der Waals surface area contributed by atoms with Gasteiger partial charge in [-0.05, 0) is 18.2 Å². The average molecular weight is 301 g/mol. The van der Waals surface area contributed by atoms with Crippen LogP contribution in [0.3, 0.4) is 0 Å². The number of hydrogen-bond acceptors (Lipinski definition) is 4. The lowest BCUT2D eigenvalue weighted by Crippen LogP contribution is -2.14. The number of rotatable bonds is 3. The van der Waals surface area contributed by atoms with E-state index < -0.39 is 15.8 Å². The molecule has 0 aliphatic heterocycles. The van der Waals surface area contributed by atoms with E-state index in [1.165, 1.54) is 6.20 Å². The van der Waals surface area contributed by atoms with E-state index >= 15 is 0 Å². The van der Waals surface area contributed by atoms with Gasteiger partial charge in [0.15, 0.2) is 5.82 Å². The van der Waals surface area contributed by atoms with Crippen molar-refractivity contribution in [2.45, 2.75) is 4.90 Å². The molecule has 0 bridgehead atoms. The van der Waals surface area contributed by atoms with E-state index in [-0.39, 0.29) is 21.3 Å². The minimum absolute atomic E-state index is 0.0387. The topological polar surface area (TPSA) is 98.6 Å². The Kier molecular flexibility index (Phi) is 3.42. The van der Waals surface area contributed by atoms with E-state index in [1.807, 2.05) is 0 Å². The lowest BCUT2D eigenvalue weighted by molar-refractivity contribution is 0.599. The molecule has 0 saturated heterocycles. The maximum atomic E-state index is 13.0. The highest BCUT2D eigenvalue weighted by molar-refractivity contribution is 7.92. The van der Waals surface area contributed by atoms with Gasteiger partial charge >= 0.3 is 0 Å². The van der Waals surface area contributed by atoms with Crippen LogP contribution in [0.5, 0.6) is 0 Å². The molecule has 98 valence electrons. The molecule has 0 atom stereocenters. The van der Waals surface area contributed by atoms with Crippen LogP contribution in [0.2, 0.25) is 5.02 Å². The number of aromatic amines is 1. The van der Waals surface area contributed by atoms with Gasteiger partial charge in [-0.25, -0.2) is 12.8 Å². The molecule has 1 heterocycles. The number of nitrogens with one attached hydrogen (secondary N) is 2. The van der Waals surface area contributed by atoms with Gasteiger partial charge < -0.3 is 0 Å². The summed E-state index contributed by atoms with van der Waals surface area (Å²) >= 11 is 5.52. The summed E-state index contributed by atoms with van der Waals surface area (Å²) in [5.41, 5.74) is 0.0387. The molecule has 0 spiro atoms. The second-order valence-corrected chi connectivity index (χ2v) is 5.54. The van der Waals surface area contributed by atoms with Crippen molar-refractivity contribution in [1.29, 1.82) is 5.26 Å². The minimum atomic E-state index is -3.98. The van der Waals surface area contributed by atoms with Crippen molar-refractivity contribution in [2.24, 2.45) is 0 Å². The molecule has 19 heavy (non-hydrogen) atoms.